The SMILES string of the molecule is CCCCN(CCO)C(=O)c1c(OC)cccc1OC. The van der Waals surface area contributed by atoms with E-state index in [1.165, 1.54) is 14.2 Å². The fourth-order valence-corrected chi connectivity index (χ4v) is 2.00. The molecule has 0 spiro atoms. The summed E-state index contributed by atoms with van der Waals surface area (Å²) in [6.07, 6.45) is 1.88. The zero-order valence-corrected chi connectivity index (χ0v) is 12.4. The van der Waals surface area contributed by atoms with Crippen LogP contribution in [0.3, 0.4) is 0 Å². The maximum Gasteiger partial charge on any atom is 0.261 e. The van der Waals surface area contributed by atoms with Crippen molar-refractivity contribution < 1.29 is 19.4 Å². The lowest BCUT2D eigenvalue weighted by Gasteiger charge is -2.23. The largest absolute Gasteiger partial charge is 0.496 e. The fraction of sp³-hybridized carbons (Fsp3) is 0.533. The number of carbonyl (C=O) groups is 1. The molecule has 0 fully saturated rings. The van der Waals surface area contributed by atoms with Crippen LogP contribution >= 0.6 is 0 Å². The Bertz CT molecular complexity index is 412. The van der Waals surface area contributed by atoms with Gasteiger partial charge in [0.15, 0.2) is 0 Å². The molecule has 0 atom stereocenters. The second-order valence-corrected chi connectivity index (χ2v) is 4.41. The van der Waals surface area contributed by atoms with Crippen molar-refractivity contribution in [2.24, 2.45) is 0 Å². The lowest BCUT2D eigenvalue weighted by atomic mass is 10.1. The standard InChI is InChI=1S/C15H23NO4/c1-4-5-9-16(10-11-17)15(18)14-12(19-2)7-6-8-13(14)20-3/h6-8,17H,4-5,9-11H2,1-3H3. The van der Waals surface area contributed by atoms with Gasteiger partial charge in [-0.2, -0.15) is 0 Å². The minimum atomic E-state index is -0.179. The Morgan fingerprint density at radius 2 is 1.80 bits per heavy atom. The average molecular weight is 281 g/mol. The molecule has 0 saturated heterocycles. The normalized spacial score (nSPS) is 10.2. The van der Waals surface area contributed by atoms with Crippen molar-refractivity contribution in [3.63, 3.8) is 0 Å². The Labute approximate surface area is 120 Å². The second-order valence-electron chi connectivity index (χ2n) is 4.41. The van der Waals surface area contributed by atoms with Gasteiger partial charge in [0.25, 0.3) is 5.91 Å². The van der Waals surface area contributed by atoms with Crippen molar-refractivity contribution in [3.8, 4) is 11.5 Å². The summed E-state index contributed by atoms with van der Waals surface area (Å²) in [5, 5.41) is 9.13. The molecule has 0 radical (unpaired) electrons. The topological polar surface area (TPSA) is 59.0 Å². The number of aliphatic hydroxyl groups is 1. The minimum absolute atomic E-state index is 0.0626. The number of carbonyl (C=O) groups excluding carboxylic acids is 1. The summed E-state index contributed by atoms with van der Waals surface area (Å²) in [6, 6.07) is 5.23. The lowest BCUT2D eigenvalue weighted by molar-refractivity contribution is 0.0712. The van der Waals surface area contributed by atoms with Crippen LogP contribution in [0.5, 0.6) is 11.5 Å². The highest BCUT2D eigenvalue weighted by molar-refractivity contribution is 5.99. The van der Waals surface area contributed by atoms with Gasteiger partial charge in [-0.05, 0) is 18.6 Å². The summed E-state index contributed by atoms with van der Waals surface area (Å²) in [7, 11) is 3.04. The van der Waals surface area contributed by atoms with Gasteiger partial charge in [-0.15, -0.1) is 0 Å². The minimum Gasteiger partial charge on any atom is -0.496 e. The van der Waals surface area contributed by atoms with E-state index in [9.17, 15) is 4.79 Å². The molecular weight excluding hydrogens is 258 g/mol. The van der Waals surface area contributed by atoms with Crippen molar-refractivity contribution >= 4 is 5.91 Å². The number of unbranched alkanes of at least 4 members (excludes halogenated alkanes) is 1. The van der Waals surface area contributed by atoms with E-state index >= 15 is 0 Å². The number of hydrogen-bond acceptors (Lipinski definition) is 4. The smallest absolute Gasteiger partial charge is 0.261 e. The van der Waals surface area contributed by atoms with Gasteiger partial charge in [0.1, 0.15) is 17.1 Å². The summed E-state index contributed by atoms with van der Waals surface area (Å²) in [5.74, 6) is 0.782. The highest BCUT2D eigenvalue weighted by atomic mass is 16.5. The van der Waals surface area contributed by atoms with Crippen molar-refractivity contribution in [2.75, 3.05) is 33.9 Å². The van der Waals surface area contributed by atoms with E-state index in [1.54, 1.807) is 23.1 Å². The van der Waals surface area contributed by atoms with Crippen LogP contribution in [0.25, 0.3) is 0 Å². The maximum absolute atomic E-state index is 12.7. The van der Waals surface area contributed by atoms with Gasteiger partial charge in [-0.3, -0.25) is 4.79 Å². The predicted molar refractivity (Wildman–Crippen MR) is 77.4 cm³/mol. The Morgan fingerprint density at radius 3 is 2.25 bits per heavy atom. The molecule has 1 aromatic carbocycles. The summed E-state index contributed by atoms with van der Waals surface area (Å²) in [6.45, 7) is 2.91. The van der Waals surface area contributed by atoms with E-state index in [-0.39, 0.29) is 12.5 Å². The van der Waals surface area contributed by atoms with Crippen LogP contribution in [0, 0.1) is 0 Å². The number of rotatable bonds is 8. The molecule has 0 aliphatic heterocycles. The number of nitrogens with zero attached hydrogens (tertiary/aromatic N) is 1. The van der Waals surface area contributed by atoms with Gasteiger partial charge in [0.2, 0.25) is 0 Å². The first-order valence-corrected chi connectivity index (χ1v) is 6.80. The van der Waals surface area contributed by atoms with Crippen molar-refractivity contribution in [1.29, 1.82) is 0 Å². The molecule has 0 bridgehead atoms. The average Bonchev–Trinajstić information content (AvgIpc) is 2.49. The summed E-state index contributed by atoms with van der Waals surface area (Å²) in [5.41, 5.74) is 0.405. The van der Waals surface area contributed by atoms with Crippen LogP contribution in [0.2, 0.25) is 0 Å². The summed E-state index contributed by atoms with van der Waals surface area (Å²) < 4.78 is 10.5. The third kappa shape index (κ3) is 3.87. The molecule has 1 aromatic rings. The zero-order valence-electron chi connectivity index (χ0n) is 12.4. The molecule has 0 aromatic heterocycles. The summed E-state index contributed by atoms with van der Waals surface area (Å²) in [4.78, 5) is 14.3. The molecule has 1 rings (SSSR count). The van der Waals surface area contributed by atoms with Gasteiger partial charge < -0.3 is 19.5 Å². The fourth-order valence-electron chi connectivity index (χ4n) is 2.00. The monoisotopic (exact) mass is 281 g/mol. The van der Waals surface area contributed by atoms with E-state index in [0.29, 0.717) is 30.2 Å². The Kier molecular flexibility index (Phi) is 6.87. The van der Waals surface area contributed by atoms with Crippen LogP contribution in [0.15, 0.2) is 18.2 Å². The highest BCUT2D eigenvalue weighted by Crippen LogP contribution is 2.29. The molecule has 5 nitrogen and oxygen atoms in total. The van der Waals surface area contributed by atoms with Crippen molar-refractivity contribution in [1.82, 2.24) is 4.90 Å². The van der Waals surface area contributed by atoms with Crippen LogP contribution in [-0.4, -0.2) is 49.8 Å². The highest BCUT2D eigenvalue weighted by Gasteiger charge is 2.23. The summed E-state index contributed by atoms with van der Waals surface area (Å²) >= 11 is 0. The Hall–Kier alpha value is -1.75. The van der Waals surface area contributed by atoms with E-state index < -0.39 is 0 Å². The van der Waals surface area contributed by atoms with Gasteiger partial charge in [0, 0.05) is 13.1 Å². The first-order chi connectivity index (χ1) is 9.69. The molecule has 0 heterocycles. The van der Waals surface area contributed by atoms with E-state index in [2.05, 4.69) is 6.92 Å². The third-order valence-corrected chi connectivity index (χ3v) is 3.08. The quantitative estimate of drug-likeness (QED) is 0.791. The molecule has 112 valence electrons. The first-order valence-electron chi connectivity index (χ1n) is 6.80. The number of benzene rings is 1. The Balaban J connectivity index is 3.09. The van der Waals surface area contributed by atoms with Crippen molar-refractivity contribution in [2.45, 2.75) is 19.8 Å². The van der Waals surface area contributed by atoms with Crippen LogP contribution in [0.4, 0.5) is 0 Å². The van der Waals surface area contributed by atoms with Crippen LogP contribution in [0.1, 0.15) is 30.1 Å². The molecule has 0 saturated carbocycles. The van der Waals surface area contributed by atoms with Gasteiger partial charge in [-0.25, -0.2) is 0 Å². The van der Waals surface area contributed by atoms with E-state index in [1.807, 2.05) is 0 Å². The molecular formula is C15H23NO4. The van der Waals surface area contributed by atoms with Crippen LogP contribution < -0.4 is 9.47 Å². The second kappa shape index (κ2) is 8.43. The molecule has 5 heteroatoms. The lowest BCUT2D eigenvalue weighted by Crippen LogP contribution is -2.34. The van der Waals surface area contributed by atoms with Crippen LogP contribution in [-0.2, 0) is 0 Å². The number of aliphatic hydroxyl groups excluding tert-OH is 1. The molecule has 0 aliphatic carbocycles. The molecule has 0 unspecified atom stereocenters. The van der Waals surface area contributed by atoms with E-state index in [4.69, 9.17) is 14.6 Å². The van der Waals surface area contributed by atoms with Gasteiger partial charge >= 0.3 is 0 Å². The zero-order chi connectivity index (χ0) is 15.0. The predicted octanol–water partition coefficient (Wildman–Crippen LogP) is 1.94. The molecule has 20 heavy (non-hydrogen) atoms. The maximum atomic E-state index is 12.7. The number of ether oxygens (including phenoxy) is 2. The first kappa shape index (κ1) is 16.3. The number of amides is 1. The molecule has 1 amide bonds. The molecule has 1 N–H and O–H groups in total. The third-order valence-electron chi connectivity index (χ3n) is 3.08. The Morgan fingerprint density at radius 1 is 1.20 bits per heavy atom. The van der Waals surface area contributed by atoms with Crippen molar-refractivity contribution in [3.05, 3.63) is 23.8 Å². The van der Waals surface area contributed by atoms with E-state index in [0.717, 1.165) is 12.8 Å². The number of methoxy groups -OCH3 is 2. The number of hydrogen-bond donors (Lipinski definition) is 1. The van der Waals surface area contributed by atoms with Gasteiger partial charge in [0.05, 0.1) is 20.8 Å². The molecule has 0 aliphatic rings. The van der Waals surface area contributed by atoms with Gasteiger partial charge in [-0.1, -0.05) is 19.4 Å².